The van der Waals surface area contributed by atoms with Crippen molar-refractivity contribution in [2.24, 2.45) is 0 Å². The van der Waals surface area contributed by atoms with Crippen molar-refractivity contribution in [3.8, 4) is 0 Å². The van der Waals surface area contributed by atoms with Crippen molar-refractivity contribution < 1.29 is 14.4 Å². The number of esters is 1. The van der Waals surface area contributed by atoms with E-state index in [0.29, 0.717) is 25.3 Å². The minimum atomic E-state index is -0.299. The highest BCUT2D eigenvalue weighted by atomic mass is 32.1. The summed E-state index contributed by atoms with van der Waals surface area (Å²) in [6, 6.07) is 7.91. The van der Waals surface area contributed by atoms with Gasteiger partial charge >= 0.3 is 5.97 Å². The van der Waals surface area contributed by atoms with E-state index >= 15 is 0 Å². The second-order valence-electron chi connectivity index (χ2n) is 7.96. The highest BCUT2D eigenvalue weighted by Gasteiger charge is 2.36. The molecule has 2 N–H and O–H groups in total. The van der Waals surface area contributed by atoms with Gasteiger partial charge in [0.05, 0.1) is 12.5 Å². The summed E-state index contributed by atoms with van der Waals surface area (Å²) in [5.41, 5.74) is 3.58. The van der Waals surface area contributed by atoms with Crippen molar-refractivity contribution in [1.29, 1.82) is 0 Å². The Bertz CT molecular complexity index is 1150. The number of aryl methyl sites for hydroxylation is 2. The van der Waals surface area contributed by atoms with Gasteiger partial charge in [0.15, 0.2) is 11.9 Å². The van der Waals surface area contributed by atoms with Crippen LogP contribution in [0, 0.1) is 0 Å². The van der Waals surface area contributed by atoms with Crippen LogP contribution in [0.4, 0.5) is 0 Å². The molecule has 0 bridgehead atoms. The average Bonchev–Trinajstić information content (AvgIpc) is 3.11. The molecular weight excluding hydrogens is 386 g/mol. The molecule has 5 rings (SSSR count). The number of aromatic amines is 1. The fourth-order valence-corrected chi connectivity index (χ4v) is 6.03. The summed E-state index contributed by atoms with van der Waals surface area (Å²) in [7, 11) is 1.43. The maximum absolute atomic E-state index is 12.9. The van der Waals surface area contributed by atoms with Crippen LogP contribution < -0.4 is 10.5 Å². The Morgan fingerprint density at radius 3 is 2.90 bits per heavy atom. The summed E-state index contributed by atoms with van der Waals surface area (Å²) >= 11 is 1.66. The molecule has 7 heteroatoms. The van der Waals surface area contributed by atoms with E-state index in [1.54, 1.807) is 11.3 Å². The average molecular weight is 411 g/mol. The topological polar surface area (TPSA) is 76.5 Å². The molecule has 2 aromatic heterocycles. The Morgan fingerprint density at radius 2 is 2.07 bits per heavy atom. The number of methoxy groups -OCH3 is 1. The molecule has 0 amide bonds. The molecule has 1 aromatic carbocycles. The first kappa shape index (κ1) is 18.5. The van der Waals surface area contributed by atoms with E-state index in [1.165, 1.54) is 35.1 Å². The number of quaternary nitrogens is 1. The number of nitrogens with zero attached hydrogens (tertiary/aromatic N) is 1. The Balaban J connectivity index is 1.50. The number of H-pyrrole nitrogens is 1. The molecule has 0 fully saturated rings. The molecule has 150 valence electrons. The lowest BCUT2D eigenvalue weighted by atomic mass is 9.94. The number of aromatic nitrogens is 2. The minimum absolute atomic E-state index is 0.0455. The second-order valence-corrected chi connectivity index (χ2v) is 9.05. The van der Waals surface area contributed by atoms with Crippen LogP contribution in [0.5, 0.6) is 0 Å². The van der Waals surface area contributed by atoms with Crippen LogP contribution in [0.2, 0.25) is 0 Å². The van der Waals surface area contributed by atoms with Crippen molar-refractivity contribution in [3.05, 3.63) is 62.0 Å². The Hall–Kier alpha value is -2.51. The van der Waals surface area contributed by atoms with Crippen LogP contribution in [-0.2, 0) is 41.9 Å². The molecule has 2 atom stereocenters. The zero-order valence-corrected chi connectivity index (χ0v) is 17.2. The van der Waals surface area contributed by atoms with Crippen LogP contribution in [0.3, 0.4) is 0 Å². The highest BCUT2D eigenvalue weighted by molar-refractivity contribution is 7.18. The van der Waals surface area contributed by atoms with Crippen LogP contribution in [-0.4, -0.2) is 29.1 Å². The molecule has 6 nitrogen and oxygen atoms in total. The Morgan fingerprint density at radius 1 is 1.28 bits per heavy atom. The summed E-state index contributed by atoms with van der Waals surface area (Å²) in [5, 5.41) is 0.775. The molecule has 1 unspecified atom stereocenters. The van der Waals surface area contributed by atoms with E-state index in [4.69, 9.17) is 9.72 Å². The van der Waals surface area contributed by atoms with Gasteiger partial charge in [0, 0.05) is 16.9 Å². The summed E-state index contributed by atoms with van der Waals surface area (Å²) < 4.78 is 5.07. The number of benzene rings is 1. The summed E-state index contributed by atoms with van der Waals surface area (Å²) in [6.45, 7) is 1.19. The molecule has 1 aliphatic carbocycles. The predicted molar refractivity (Wildman–Crippen MR) is 111 cm³/mol. The van der Waals surface area contributed by atoms with Gasteiger partial charge < -0.3 is 14.6 Å². The van der Waals surface area contributed by atoms with E-state index in [-0.39, 0.29) is 17.6 Å². The molecular formula is C22H24N3O3S+. The van der Waals surface area contributed by atoms with Gasteiger partial charge in [-0.2, -0.15) is 0 Å². The number of hydrogen-bond acceptors (Lipinski definition) is 5. The molecule has 2 aliphatic rings. The number of carbonyl (C=O) groups excluding carboxylic acids is 1. The van der Waals surface area contributed by atoms with Crippen molar-refractivity contribution in [1.82, 2.24) is 9.97 Å². The summed E-state index contributed by atoms with van der Waals surface area (Å²) in [6.07, 6.45) is 4.97. The number of thiophene rings is 1. The Labute approximate surface area is 172 Å². The van der Waals surface area contributed by atoms with Crippen molar-refractivity contribution in [2.75, 3.05) is 7.11 Å². The largest absolute Gasteiger partial charge is 0.465 e. The van der Waals surface area contributed by atoms with Crippen molar-refractivity contribution >= 4 is 27.5 Å². The number of rotatable bonds is 3. The minimum Gasteiger partial charge on any atom is -0.465 e. The molecule has 0 spiro atoms. The van der Waals surface area contributed by atoms with Gasteiger partial charge in [-0.1, -0.05) is 24.3 Å². The van der Waals surface area contributed by atoms with E-state index in [1.807, 2.05) is 12.1 Å². The fraction of sp³-hybridized carbons (Fsp3) is 0.409. The molecule has 3 heterocycles. The van der Waals surface area contributed by atoms with Gasteiger partial charge in [0.25, 0.3) is 5.56 Å². The molecule has 1 aliphatic heterocycles. The van der Waals surface area contributed by atoms with E-state index in [0.717, 1.165) is 34.4 Å². The van der Waals surface area contributed by atoms with Crippen LogP contribution >= 0.6 is 11.3 Å². The van der Waals surface area contributed by atoms with Crippen molar-refractivity contribution in [3.63, 3.8) is 0 Å². The monoisotopic (exact) mass is 410 g/mol. The van der Waals surface area contributed by atoms with Gasteiger partial charge in [-0.05, 0) is 36.8 Å². The molecule has 0 radical (unpaired) electrons. The Kier molecular flexibility index (Phi) is 4.72. The third-order valence-corrected chi connectivity index (χ3v) is 7.39. The third-order valence-electron chi connectivity index (χ3n) is 6.21. The first-order valence-corrected chi connectivity index (χ1v) is 11.0. The van der Waals surface area contributed by atoms with Gasteiger partial charge in [-0.3, -0.25) is 4.79 Å². The number of fused-ring (bicyclic) bond motifs is 4. The maximum atomic E-state index is 12.9. The number of nitrogens with one attached hydrogen (secondary N) is 2. The van der Waals surface area contributed by atoms with E-state index in [2.05, 4.69) is 17.1 Å². The van der Waals surface area contributed by atoms with Gasteiger partial charge in [-0.15, -0.1) is 11.3 Å². The number of carbonyl (C=O) groups is 1. The summed E-state index contributed by atoms with van der Waals surface area (Å²) in [4.78, 5) is 36.3. The lowest BCUT2D eigenvalue weighted by molar-refractivity contribution is -0.946. The maximum Gasteiger partial charge on any atom is 0.365 e. The van der Waals surface area contributed by atoms with Gasteiger partial charge in [0.2, 0.25) is 0 Å². The van der Waals surface area contributed by atoms with Gasteiger partial charge in [0.1, 0.15) is 17.9 Å². The van der Waals surface area contributed by atoms with Crippen LogP contribution in [0.25, 0.3) is 10.2 Å². The molecule has 0 saturated carbocycles. The zero-order valence-electron chi connectivity index (χ0n) is 16.4. The lowest BCUT2D eigenvalue weighted by Crippen LogP contribution is -3.15. The summed E-state index contributed by atoms with van der Waals surface area (Å²) in [5.74, 6) is 0.425. The standard InChI is InChI=1S/C22H23N3O3S/c1-28-22(27)16-10-13-6-2-3-7-14(13)11-25(16)12-18-23-20(26)19-15-8-4-5-9-17(15)29-21(19)24-18/h2-3,6-7,16H,4-5,8-12H2,1H3,(H,23,24,26)/p+1/t16-/m0/s1. The van der Waals surface area contributed by atoms with Gasteiger partial charge in [-0.25, -0.2) is 9.78 Å². The predicted octanol–water partition coefficient (Wildman–Crippen LogP) is 1.55. The first-order chi connectivity index (χ1) is 14.1. The van der Waals surface area contributed by atoms with Crippen LogP contribution in [0.1, 0.15) is 40.2 Å². The first-order valence-electron chi connectivity index (χ1n) is 10.2. The highest BCUT2D eigenvalue weighted by Crippen LogP contribution is 2.33. The lowest BCUT2D eigenvalue weighted by Gasteiger charge is -2.31. The SMILES string of the molecule is COC(=O)[C@@H]1Cc2ccccc2C[NH+]1Cc1nc2sc3c(c2c(=O)[nH]1)CCCC3. The fourth-order valence-electron chi connectivity index (χ4n) is 4.75. The van der Waals surface area contributed by atoms with Crippen LogP contribution in [0.15, 0.2) is 29.1 Å². The van der Waals surface area contributed by atoms with Crippen molar-refractivity contribution in [2.45, 2.75) is 51.2 Å². The second kappa shape index (κ2) is 7.39. The molecule has 0 saturated heterocycles. The number of hydrogen-bond donors (Lipinski definition) is 2. The third kappa shape index (κ3) is 3.28. The smallest absolute Gasteiger partial charge is 0.365 e. The van der Waals surface area contributed by atoms with E-state index < -0.39 is 0 Å². The quantitative estimate of drug-likeness (QED) is 0.643. The van der Waals surface area contributed by atoms with E-state index in [9.17, 15) is 9.59 Å². The number of ether oxygens (including phenoxy) is 1. The normalized spacial score (nSPS) is 20.9. The molecule has 3 aromatic rings. The molecule has 29 heavy (non-hydrogen) atoms. The zero-order chi connectivity index (χ0) is 20.0.